The Morgan fingerprint density at radius 2 is 1.81 bits per heavy atom. The summed E-state index contributed by atoms with van der Waals surface area (Å²) in [5.74, 6) is -0.169. The molecule has 1 aliphatic rings. The molecule has 1 amide bonds. The van der Waals surface area contributed by atoms with E-state index < -0.39 is 10.0 Å². The Kier molecular flexibility index (Phi) is 9.74. The minimum absolute atomic E-state index is 0. The molecule has 1 saturated heterocycles. The standard InChI is InChI=1S/C27H36N4O3S2.ClH/c1-19-17-20(2)25-24(18-19)28-27(35-25)30(15-8-14-29(4)5)26(32)22-10-12-23(13-11-22)36(33,34)31-16-7-6-9-21(31)3;/h10-13,17-18,21H,6-9,14-16H2,1-5H3;1H. The maximum Gasteiger partial charge on any atom is 0.260 e. The number of rotatable bonds is 8. The molecule has 2 aromatic carbocycles. The zero-order valence-electron chi connectivity index (χ0n) is 22.2. The average molecular weight is 565 g/mol. The van der Waals surface area contributed by atoms with E-state index in [0.29, 0.717) is 23.8 Å². The van der Waals surface area contributed by atoms with Gasteiger partial charge in [0, 0.05) is 24.7 Å². The van der Waals surface area contributed by atoms with Gasteiger partial charge in [-0.3, -0.25) is 9.69 Å². The summed E-state index contributed by atoms with van der Waals surface area (Å²) in [6.45, 7) is 7.99. The zero-order chi connectivity index (χ0) is 26.0. The van der Waals surface area contributed by atoms with Crippen LogP contribution in [-0.4, -0.2) is 68.3 Å². The summed E-state index contributed by atoms with van der Waals surface area (Å²) in [6.07, 6.45) is 3.60. The van der Waals surface area contributed by atoms with E-state index in [1.165, 1.54) is 11.3 Å². The van der Waals surface area contributed by atoms with Gasteiger partial charge >= 0.3 is 0 Å². The predicted octanol–water partition coefficient (Wildman–Crippen LogP) is 5.50. The largest absolute Gasteiger partial charge is 0.309 e. The van der Waals surface area contributed by atoms with Gasteiger partial charge in [0.25, 0.3) is 5.91 Å². The molecule has 202 valence electrons. The highest BCUT2D eigenvalue weighted by atomic mass is 35.5. The Bertz CT molecular complexity index is 1340. The lowest BCUT2D eigenvalue weighted by molar-refractivity contribution is 0.0986. The van der Waals surface area contributed by atoms with Gasteiger partial charge in [0.1, 0.15) is 0 Å². The molecule has 0 spiro atoms. The molecule has 3 aromatic rings. The summed E-state index contributed by atoms with van der Waals surface area (Å²) < 4.78 is 29.1. The number of carbonyl (C=O) groups excluding carboxylic acids is 1. The van der Waals surface area contributed by atoms with Gasteiger partial charge in [-0.15, -0.1) is 12.4 Å². The number of fused-ring (bicyclic) bond motifs is 1. The van der Waals surface area contributed by atoms with Crippen LogP contribution < -0.4 is 4.90 Å². The summed E-state index contributed by atoms with van der Waals surface area (Å²) in [5, 5.41) is 0.668. The number of piperidine rings is 1. The number of aromatic nitrogens is 1. The first-order valence-electron chi connectivity index (χ1n) is 12.5. The molecule has 1 atom stereocenters. The van der Waals surface area contributed by atoms with Crippen molar-refractivity contribution < 1.29 is 13.2 Å². The molecule has 10 heteroatoms. The lowest BCUT2D eigenvalue weighted by Gasteiger charge is -2.32. The summed E-state index contributed by atoms with van der Waals surface area (Å²) in [4.78, 5) is 22.6. The first kappa shape index (κ1) is 29.5. The Morgan fingerprint density at radius 3 is 2.46 bits per heavy atom. The maximum atomic E-state index is 13.7. The second-order valence-corrected chi connectivity index (χ2v) is 12.9. The van der Waals surface area contributed by atoms with Gasteiger partial charge in [0.2, 0.25) is 10.0 Å². The molecule has 37 heavy (non-hydrogen) atoms. The van der Waals surface area contributed by atoms with E-state index in [9.17, 15) is 13.2 Å². The van der Waals surface area contributed by atoms with Gasteiger partial charge in [-0.2, -0.15) is 4.31 Å². The number of thiazole rings is 1. The van der Waals surface area contributed by atoms with Crippen molar-refractivity contribution in [2.45, 2.75) is 57.4 Å². The second-order valence-electron chi connectivity index (χ2n) is 10.0. The number of benzene rings is 2. The SMILES string of the molecule is Cc1cc(C)c2sc(N(CCCN(C)C)C(=O)c3ccc(S(=O)(=O)N4CCCCC4C)cc3)nc2c1.Cl. The van der Waals surface area contributed by atoms with Crippen molar-refractivity contribution in [3.8, 4) is 0 Å². The third kappa shape index (κ3) is 6.52. The van der Waals surface area contributed by atoms with Gasteiger partial charge in [-0.25, -0.2) is 13.4 Å². The Balaban J connectivity index is 0.00000380. The first-order chi connectivity index (χ1) is 17.1. The minimum Gasteiger partial charge on any atom is -0.309 e. The normalized spacial score (nSPS) is 16.6. The van der Waals surface area contributed by atoms with Crippen LogP contribution >= 0.6 is 23.7 Å². The lowest BCUT2D eigenvalue weighted by atomic mass is 10.1. The van der Waals surface area contributed by atoms with Gasteiger partial charge in [-0.05, 0) is 102 Å². The Hall–Kier alpha value is -2.04. The van der Waals surface area contributed by atoms with Crippen molar-refractivity contribution in [3.63, 3.8) is 0 Å². The molecule has 0 saturated carbocycles. The van der Waals surface area contributed by atoms with Crippen LogP contribution in [0.1, 0.15) is 54.1 Å². The number of amides is 1. The van der Waals surface area contributed by atoms with Crippen molar-refractivity contribution in [3.05, 3.63) is 53.1 Å². The number of hydrogen-bond acceptors (Lipinski definition) is 6. The molecule has 0 bridgehead atoms. The number of halogens is 1. The smallest absolute Gasteiger partial charge is 0.260 e. The van der Waals surface area contributed by atoms with Crippen LogP contribution in [0.3, 0.4) is 0 Å². The third-order valence-corrected chi connectivity index (χ3v) is 9.98. The number of aryl methyl sites for hydroxylation is 2. The Labute approximate surface area is 230 Å². The predicted molar refractivity (Wildman–Crippen MR) is 155 cm³/mol. The molecule has 1 aromatic heterocycles. The van der Waals surface area contributed by atoms with Gasteiger partial charge < -0.3 is 4.90 Å². The lowest BCUT2D eigenvalue weighted by Crippen LogP contribution is -2.41. The molecule has 0 aliphatic carbocycles. The highest BCUT2D eigenvalue weighted by Gasteiger charge is 2.31. The average Bonchev–Trinajstić information content (AvgIpc) is 3.25. The summed E-state index contributed by atoms with van der Waals surface area (Å²) >= 11 is 1.53. The van der Waals surface area contributed by atoms with Crippen LogP contribution in [0.4, 0.5) is 5.13 Å². The van der Waals surface area contributed by atoms with Crippen LogP contribution in [0, 0.1) is 13.8 Å². The second kappa shape index (κ2) is 12.2. The summed E-state index contributed by atoms with van der Waals surface area (Å²) in [5.41, 5.74) is 3.64. The van der Waals surface area contributed by atoms with E-state index in [0.717, 1.165) is 53.6 Å². The fourth-order valence-electron chi connectivity index (χ4n) is 4.80. The number of carbonyl (C=O) groups is 1. The van der Waals surface area contributed by atoms with Crippen LogP contribution in [0.25, 0.3) is 10.2 Å². The topological polar surface area (TPSA) is 73.8 Å². The van der Waals surface area contributed by atoms with E-state index in [-0.39, 0.29) is 29.3 Å². The first-order valence-corrected chi connectivity index (χ1v) is 14.8. The molecule has 7 nitrogen and oxygen atoms in total. The van der Waals surface area contributed by atoms with E-state index in [4.69, 9.17) is 4.98 Å². The summed E-state index contributed by atoms with van der Waals surface area (Å²) in [7, 11) is 0.441. The monoisotopic (exact) mass is 564 g/mol. The molecule has 4 rings (SSSR count). The van der Waals surface area contributed by atoms with E-state index in [1.807, 2.05) is 34.0 Å². The molecule has 0 radical (unpaired) electrons. The zero-order valence-corrected chi connectivity index (χ0v) is 24.7. The van der Waals surface area contributed by atoms with Gasteiger partial charge in [-0.1, -0.05) is 23.8 Å². The maximum absolute atomic E-state index is 13.7. The highest BCUT2D eigenvalue weighted by Crippen LogP contribution is 2.33. The number of sulfonamides is 1. The molecule has 1 unspecified atom stereocenters. The van der Waals surface area contributed by atoms with Crippen molar-refractivity contribution in [1.29, 1.82) is 0 Å². The highest BCUT2D eigenvalue weighted by molar-refractivity contribution is 7.89. The van der Waals surface area contributed by atoms with Crippen molar-refractivity contribution in [1.82, 2.24) is 14.2 Å². The number of anilines is 1. The molecular formula is C27H37ClN4O3S2. The van der Waals surface area contributed by atoms with Crippen molar-refractivity contribution in [2.24, 2.45) is 0 Å². The Morgan fingerprint density at radius 1 is 1.11 bits per heavy atom. The van der Waals surface area contributed by atoms with Gasteiger partial charge in [0.15, 0.2) is 5.13 Å². The molecule has 0 N–H and O–H groups in total. The van der Waals surface area contributed by atoms with E-state index in [2.05, 4.69) is 17.9 Å². The fourth-order valence-corrected chi connectivity index (χ4v) is 7.54. The van der Waals surface area contributed by atoms with Crippen LogP contribution in [0.2, 0.25) is 0 Å². The van der Waals surface area contributed by atoms with Crippen molar-refractivity contribution in [2.75, 3.05) is 38.6 Å². The summed E-state index contributed by atoms with van der Waals surface area (Å²) in [6, 6.07) is 10.6. The fraction of sp³-hybridized carbons (Fsp3) is 0.481. The minimum atomic E-state index is -3.58. The molecule has 2 heterocycles. The quantitative estimate of drug-likeness (QED) is 0.361. The van der Waals surface area contributed by atoms with Crippen LogP contribution in [0.5, 0.6) is 0 Å². The van der Waals surface area contributed by atoms with Crippen molar-refractivity contribution >= 4 is 55.0 Å². The molecule has 1 fully saturated rings. The molecule has 1 aliphatic heterocycles. The van der Waals surface area contributed by atoms with E-state index >= 15 is 0 Å². The van der Waals surface area contributed by atoms with Crippen LogP contribution in [-0.2, 0) is 10.0 Å². The van der Waals surface area contributed by atoms with E-state index in [1.54, 1.807) is 33.5 Å². The van der Waals surface area contributed by atoms with Gasteiger partial charge in [0.05, 0.1) is 15.1 Å². The number of hydrogen-bond donors (Lipinski definition) is 0. The van der Waals surface area contributed by atoms with Crippen LogP contribution in [0.15, 0.2) is 41.3 Å². The third-order valence-electron chi connectivity index (χ3n) is 6.72. The number of nitrogens with zero attached hydrogens (tertiary/aromatic N) is 4. The molecular weight excluding hydrogens is 528 g/mol.